The molecule has 1 aromatic carbocycles. The highest BCUT2D eigenvalue weighted by atomic mass is 35.5. The van der Waals surface area contributed by atoms with Gasteiger partial charge in [0.1, 0.15) is 0 Å². The molecule has 0 N–H and O–H groups in total. The first-order chi connectivity index (χ1) is 7.62. The molecule has 0 aliphatic rings. The Morgan fingerprint density at radius 1 is 1.19 bits per heavy atom. The Hall–Kier alpha value is 0.230. The van der Waals surface area contributed by atoms with Gasteiger partial charge in [-0.05, 0) is 24.8 Å². The highest BCUT2D eigenvalue weighted by molar-refractivity contribution is 8.23. The van der Waals surface area contributed by atoms with Gasteiger partial charge in [0.2, 0.25) is 5.12 Å². The second kappa shape index (κ2) is 6.24. The molecule has 0 aromatic heterocycles. The van der Waals surface area contributed by atoms with Crippen LogP contribution in [0.2, 0.25) is 5.02 Å². The van der Waals surface area contributed by atoms with Gasteiger partial charge in [-0.15, -0.1) is 23.5 Å². The zero-order valence-corrected chi connectivity index (χ0v) is 12.5. The average molecular weight is 293 g/mol. The van der Waals surface area contributed by atoms with Gasteiger partial charge in [0.15, 0.2) is 4.08 Å². The Kier molecular flexibility index (Phi) is 5.57. The third kappa shape index (κ3) is 2.55. The minimum absolute atomic E-state index is 0.126. The van der Waals surface area contributed by atoms with Crippen molar-refractivity contribution < 1.29 is 4.79 Å². The molecule has 0 atom stereocenters. The molecule has 0 spiro atoms. The number of carbonyl (C=O) groups is 1. The van der Waals surface area contributed by atoms with Gasteiger partial charge in [-0.3, -0.25) is 4.79 Å². The first-order valence-electron chi connectivity index (χ1n) is 4.56. The van der Waals surface area contributed by atoms with Crippen molar-refractivity contribution in [2.24, 2.45) is 0 Å². The van der Waals surface area contributed by atoms with Gasteiger partial charge in [0.05, 0.1) is 0 Å². The van der Waals surface area contributed by atoms with Gasteiger partial charge >= 0.3 is 0 Å². The van der Waals surface area contributed by atoms with Crippen molar-refractivity contribution in [1.29, 1.82) is 0 Å². The molecule has 16 heavy (non-hydrogen) atoms. The van der Waals surface area contributed by atoms with Crippen LogP contribution in [0.3, 0.4) is 0 Å². The molecule has 0 amide bonds. The Balaban J connectivity index is 3.32. The van der Waals surface area contributed by atoms with E-state index in [4.69, 9.17) is 11.6 Å². The summed E-state index contributed by atoms with van der Waals surface area (Å²) in [6, 6.07) is 7.53. The monoisotopic (exact) mass is 292 g/mol. The summed E-state index contributed by atoms with van der Waals surface area (Å²) in [6.07, 6.45) is 5.68. The number of thioether (sulfide) groups is 3. The van der Waals surface area contributed by atoms with Crippen LogP contribution in [-0.4, -0.2) is 23.9 Å². The molecule has 0 aliphatic carbocycles. The van der Waals surface area contributed by atoms with Crippen molar-refractivity contribution in [3.8, 4) is 0 Å². The standard InChI is InChI=1S/C11H13ClOS3/c1-14-10(13)11(15-2,16-3)8-6-4-5-7-9(8)12/h4-7H,1-3H3. The summed E-state index contributed by atoms with van der Waals surface area (Å²) in [5, 5.41) is 0.772. The van der Waals surface area contributed by atoms with Gasteiger partial charge in [0.25, 0.3) is 0 Å². The van der Waals surface area contributed by atoms with Gasteiger partial charge in [-0.1, -0.05) is 41.6 Å². The fraction of sp³-hybridized carbons (Fsp3) is 0.364. The number of hydrogen-bond acceptors (Lipinski definition) is 4. The molecule has 0 bridgehead atoms. The van der Waals surface area contributed by atoms with E-state index >= 15 is 0 Å². The Bertz CT molecular complexity index is 377. The Morgan fingerprint density at radius 3 is 2.19 bits per heavy atom. The predicted molar refractivity (Wildman–Crippen MR) is 78.7 cm³/mol. The molecule has 0 fully saturated rings. The van der Waals surface area contributed by atoms with E-state index in [-0.39, 0.29) is 5.12 Å². The maximum Gasteiger partial charge on any atom is 0.219 e. The Morgan fingerprint density at radius 2 is 1.75 bits per heavy atom. The number of carbonyl (C=O) groups excluding carboxylic acids is 1. The van der Waals surface area contributed by atoms with E-state index in [1.54, 1.807) is 6.26 Å². The molecular weight excluding hydrogens is 280 g/mol. The zero-order chi connectivity index (χ0) is 12.2. The van der Waals surface area contributed by atoms with Crippen molar-refractivity contribution in [1.82, 2.24) is 0 Å². The van der Waals surface area contributed by atoms with E-state index in [9.17, 15) is 4.79 Å². The molecule has 0 unspecified atom stereocenters. The van der Waals surface area contributed by atoms with E-state index in [0.717, 1.165) is 5.56 Å². The Labute approximate surface area is 114 Å². The molecular formula is C11H13ClOS3. The van der Waals surface area contributed by atoms with E-state index in [1.807, 2.05) is 36.8 Å². The average Bonchev–Trinajstić information content (AvgIpc) is 2.33. The molecule has 0 aliphatic heterocycles. The number of benzene rings is 1. The van der Waals surface area contributed by atoms with Crippen LogP contribution < -0.4 is 0 Å². The highest BCUT2D eigenvalue weighted by Gasteiger charge is 2.39. The lowest BCUT2D eigenvalue weighted by molar-refractivity contribution is -0.111. The number of rotatable bonds is 4. The van der Waals surface area contributed by atoms with E-state index in [1.165, 1.54) is 35.3 Å². The van der Waals surface area contributed by atoms with Gasteiger partial charge in [-0.2, -0.15) is 0 Å². The summed E-state index contributed by atoms with van der Waals surface area (Å²) in [6.45, 7) is 0. The number of halogens is 1. The van der Waals surface area contributed by atoms with Crippen LogP contribution in [0.5, 0.6) is 0 Å². The van der Waals surface area contributed by atoms with Crippen LogP contribution >= 0.6 is 46.9 Å². The lowest BCUT2D eigenvalue weighted by atomic mass is 10.1. The van der Waals surface area contributed by atoms with Crippen molar-refractivity contribution in [3.05, 3.63) is 34.9 Å². The predicted octanol–water partition coefficient (Wildman–Crippen LogP) is 4.11. The van der Waals surface area contributed by atoms with Crippen LogP contribution in [0.15, 0.2) is 24.3 Å². The van der Waals surface area contributed by atoms with Crippen LogP contribution in [0.1, 0.15) is 5.56 Å². The van der Waals surface area contributed by atoms with Crippen molar-refractivity contribution in [2.75, 3.05) is 18.8 Å². The molecule has 0 radical (unpaired) electrons. The molecule has 0 heterocycles. The zero-order valence-electron chi connectivity index (χ0n) is 9.32. The first kappa shape index (κ1) is 14.3. The minimum atomic E-state index is -0.599. The maximum atomic E-state index is 12.1. The molecule has 1 nitrogen and oxygen atoms in total. The van der Waals surface area contributed by atoms with Crippen molar-refractivity contribution in [2.45, 2.75) is 4.08 Å². The minimum Gasteiger partial charge on any atom is -0.284 e. The van der Waals surface area contributed by atoms with Crippen LogP contribution in [0.4, 0.5) is 0 Å². The van der Waals surface area contributed by atoms with E-state index in [2.05, 4.69) is 0 Å². The van der Waals surface area contributed by atoms with Crippen LogP contribution in [0, 0.1) is 0 Å². The summed E-state index contributed by atoms with van der Waals surface area (Å²) in [5.74, 6) is 0. The summed E-state index contributed by atoms with van der Waals surface area (Å²) in [7, 11) is 0. The number of hydrogen-bond donors (Lipinski definition) is 0. The topological polar surface area (TPSA) is 17.1 Å². The summed E-state index contributed by atoms with van der Waals surface area (Å²) >= 11 is 10.5. The summed E-state index contributed by atoms with van der Waals surface area (Å²) in [5.41, 5.74) is 0.885. The fourth-order valence-corrected chi connectivity index (χ4v) is 5.01. The maximum absolute atomic E-state index is 12.1. The molecule has 0 saturated carbocycles. The lowest BCUT2D eigenvalue weighted by Crippen LogP contribution is -2.26. The molecule has 0 saturated heterocycles. The smallest absolute Gasteiger partial charge is 0.219 e. The first-order valence-corrected chi connectivity index (χ1v) is 8.61. The lowest BCUT2D eigenvalue weighted by Gasteiger charge is -2.28. The van der Waals surface area contributed by atoms with E-state index < -0.39 is 4.08 Å². The van der Waals surface area contributed by atoms with Gasteiger partial charge in [0, 0.05) is 10.6 Å². The quantitative estimate of drug-likeness (QED) is 0.777. The normalized spacial score (nSPS) is 11.5. The van der Waals surface area contributed by atoms with Crippen molar-refractivity contribution in [3.63, 3.8) is 0 Å². The molecule has 5 heteroatoms. The fourth-order valence-electron chi connectivity index (χ4n) is 1.44. The third-order valence-electron chi connectivity index (χ3n) is 2.26. The van der Waals surface area contributed by atoms with Crippen LogP contribution in [0.25, 0.3) is 0 Å². The second-order valence-corrected chi connectivity index (χ2v) is 6.48. The van der Waals surface area contributed by atoms with Crippen molar-refractivity contribution >= 4 is 52.0 Å². The van der Waals surface area contributed by atoms with Gasteiger partial charge < -0.3 is 0 Å². The van der Waals surface area contributed by atoms with E-state index in [0.29, 0.717) is 5.02 Å². The molecule has 1 rings (SSSR count). The highest BCUT2D eigenvalue weighted by Crippen LogP contribution is 2.49. The van der Waals surface area contributed by atoms with Crippen LogP contribution in [-0.2, 0) is 8.87 Å². The summed E-state index contributed by atoms with van der Waals surface area (Å²) < 4.78 is -0.599. The SMILES string of the molecule is CSC(=O)C(SC)(SC)c1ccccc1Cl. The largest absolute Gasteiger partial charge is 0.284 e. The molecule has 88 valence electrons. The second-order valence-electron chi connectivity index (χ2n) is 3.00. The summed E-state index contributed by atoms with van der Waals surface area (Å²) in [4.78, 5) is 12.1. The molecule has 1 aromatic rings. The van der Waals surface area contributed by atoms with Gasteiger partial charge in [-0.25, -0.2) is 0 Å². The third-order valence-corrected chi connectivity index (χ3v) is 6.48.